The third kappa shape index (κ3) is 6.20. The molecular weight excluding hydrogens is 516 g/mol. The summed E-state index contributed by atoms with van der Waals surface area (Å²) in [5, 5.41) is 12.7. The minimum Gasteiger partial charge on any atom is -0.516 e. The summed E-state index contributed by atoms with van der Waals surface area (Å²) in [4.78, 5) is 18.2. The highest BCUT2D eigenvalue weighted by atomic mass is 19.3. The van der Waals surface area contributed by atoms with Crippen molar-refractivity contribution in [1.82, 2.24) is 24.4 Å². The maximum absolute atomic E-state index is 14.2. The quantitative estimate of drug-likeness (QED) is 0.342. The molecule has 2 aliphatic rings. The number of hydrogen-bond acceptors (Lipinski definition) is 8. The Kier molecular flexibility index (Phi) is 8.80. The fourth-order valence-electron chi connectivity index (χ4n) is 5.85. The molecule has 0 spiro atoms. The average Bonchev–Trinajstić information content (AvgIpc) is 3.36. The van der Waals surface area contributed by atoms with Crippen molar-refractivity contribution in [3.63, 3.8) is 0 Å². The van der Waals surface area contributed by atoms with Crippen LogP contribution in [0, 0.1) is 5.92 Å². The Balaban J connectivity index is 1.39. The van der Waals surface area contributed by atoms with Crippen LogP contribution in [0.25, 0.3) is 16.9 Å². The second-order valence-corrected chi connectivity index (χ2v) is 11.1. The fraction of sp³-hybridized carbons (Fsp3) is 0.552. The lowest BCUT2D eigenvalue weighted by molar-refractivity contribution is 0.0985. The first-order valence-electron chi connectivity index (χ1n) is 14.1. The maximum atomic E-state index is 14.2. The van der Waals surface area contributed by atoms with Crippen LogP contribution in [0.15, 0.2) is 42.2 Å². The fourth-order valence-corrected chi connectivity index (χ4v) is 5.85. The van der Waals surface area contributed by atoms with Gasteiger partial charge >= 0.3 is 0 Å². The van der Waals surface area contributed by atoms with E-state index in [0.717, 1.165) is 37.8 Å². The number of fused-ring (bicyclic) bond motifs is 1. The number of nitrogens with one attached hydrogen (secondary N) is 1. The number of nitrogens with zero attached hydrogens (tertiary/aromatic N) is 6. The number of ether oxygens (including phenoxy) is 1. The number of likely N-dealkylation sites (N-methyl/N-ethyl adjacent to an activating group) is 1. The molecule has 2 N–H and O–H groups in total. The summed E-state index contributed by atoms with van der Waals surface area (Å²) in [5.74, 6) is 1.60. The predicted molar refractivity (Wildman–Crippen MR) is 152 cm³/mol. The van der Waals surface area contributed by atoms with Crippen molar-refractivity contribution in [2.75, 3.05) is 50.1 Å². The van der Waals surface area contributed by atoms with Gasteiger partial charge in [-0.2, -0.15) is 9.97 Å². The molecule has 0 radical (unpaired) electrons. The summed E-state index contributed by atoms with van der Waals surface area (Å²) in [6.45, 7) is 7.28. The van der Waals surface area contributed by atoms with Crippen LogP contribution in [0.3, 0.4) is 0 Å². The van der Waals surface area contributed by atoms with Crippen LogP contribution in [-0.2, 0) is 4.74 Å². The van der Waals surface area contributed by atoms with E-state index in [9.17, 15) is 13.9 Å². The molecular formula is C29H39F2N7O2. The molecule has 40 heavy (non-hydrogen) atoms. The molecule has 0 bridgehead atoms. The van der Waals surface area contributed by atoms with Gasteiger partial charge in [-0.3, -0.25) is 9.47 Å². The first kappa shape index (κ1) is 28.2. The number of para-hydroxylation sites is 2. The van der Waals surface area contributed by atoms with Crippen LogP contribution in [0.4, 0.5) is 20.5 Å². The maximum Gasteiger partial charge on any atom is 0.296 e. The van der Waals surface area contributed by atoms with E-state index in [2.05, 4.69) is 34.1 Å². The van der Waals surface area contributed by atoms with Crippen molar-refractivity contribution in [1.29, 1.82) is 0 Å². The summed E-state index contributed by atoms with van der Waals surface area (Å²) in [7, 11) is 2.11. The number of halogens is 2. The van der Waals surface area contributed by atoms with E-state index in [-0.39, 0.29) is 11.9 Å². The standard InChI is InChI=1S/C29H39F2N7O2/c1-19(17-39)16-36(3)22-10-8-21(9-11-22)15-32-29-34-25(37-12-13-40-18-20(37)2)14-26(35-29)38-24-7-5-4-6-23(24)33-28(38)27(30)31/h4-7,14,17,20-22,27,39H,8-13,15-16,18H2,1-3H3,(H,32,34,35)/b19-17+/t20-,21?,22?/m0/s1. The molecule has 0 amide bonds. The average molecular weight is 556 g/mol. The molecule has 1 aliphatic carbocycles. The van der Waals surface area contributed by atoms with Crippen molar-refractivity contribution in [2.45, 2.75) is 58.0 Å². The molecule has 1 aliphatic heterocycles. The molecule has 1 saturated heterocycles. The zero-order chi connectivity index (χ0) is 28.2. The lowest BCUT2D eigenvalue weighted by Gasteiger charge is -2.35. The first-order chi connectivity index (χ1) is 19.3. The van der Waals surface area contributed by atoms with Gasteiger partial charge in [0.25, 0.3) is 6.43 Å². The van der Waals surface area contributed by atoms with Gasteiger partial charge in [-0.05, 0) is 70.2 Å². The predicted octanol–water partition coefficient (Wildman–Crippen LogP) is 5.34. The molecule has 1 aromatic carbocycles. The van der Waals surface area contributed by atoms with Crippen molar-refractivity contribution in [3.8, 4) is 5.82 Å². The molecule has 3 aromatic rings. The van der Waals surface area contributed by atoms with Crippen LogP contribution in [-0.4, -0.2) is 81.5 Å². The zero-order valence-corrected chi connectivity index (χ0v) is 23.4. The highest BCUT2D eigenvalue weighted by molar-refractivity contribution is 5.78. The smallest absolute Gasteiger partial charge is 0.296 e. The Hall–Kier alpha value is -3.31. The Morgan fingerprint density at radius 1 is 1.18 bits per heavy atom. The summed E-state index contributed by atoms with van der Waals surface area (Å²) in [6.07, 6.45) is 2.73. The SMILES string of the molecule is C/C(=C\O)CN(C)C1CCC(CNc2nc(N3CCOC[C@@H]3C)cc(-n3c(C(F)F)nc4ccccc43)n2)CC1. The molecule has 2 fully saturated rings. The third-order valence-corrected chi connectivity index (χ3v) is 8.08. The Labute approximate surface area is 233 Å². The number of aliphatic hydroxyl groups is 1. The molecule has 0 unspecified atom stereocenters. The van der Waals surface area contributed by atoms with Gasteiger partial charge in [0.15, 0.2) is 5.82 Å². The number of hydrogen-bond donors (Lipinski definition) is 2. The van der Waals surface area contributed by atoms with Gasteiger partial charge in [-0.25, -0.2) is 13.8 Å². The number of imidazole rings is 1. The van der Waals surface area contributed by atoms with Gasteiger partial charge in [-0.15, -0.1) is 0 Å². The van der Waals surface area contributed by atoms with E-state index in [4.69, 9.17) is 14.7 Å². The molecule has 2 aromatic heterocycles. The molecule has 1 atom stereocenters. The van der Waals surface area contributed by atoms with Crippen LogP contribution in [0.5, 0.6) is 0 Å². The lowest BCUT2D eigenvalue weighted by atomic mass is 9.85. The van der Waals surface area contributed by atoms with E-state index < -0.39 is 6.43 Å². The van der Waals surface area contributed by atoms with Gasteiger partial charge < -0.3 is 20.1 Å². The number of aromatic nitrogens is 4. The molecule has 9 nitrogen and oxygen atoms in total. The van der Waals surface area contributed by atoms with Gasteiger partial charge in [-0.1, -0.05) is 12.1 Å². The van der Waals surface area contributed by atoms with Crippen molar-refractivity contribution in [2.24, 2.45) is 5.92 Å². The second-order valence-electron chi connectivity index (χ2n) is 11.1. The van der Waals surface area contributed by atoms with Gasteiger partial charge in [0.1, 0.15) is 11.6 Å². The Morgan fingerprint density at radius 2 is 1.93 bits per heavy atom. The summed E-state index contributed by atoms with van der Waals surface area (Å²) < 4.78 is 35.4. The topological polar surface area (TPSA) is 91.6 Å². The summed E-state index contributed by atoms with van der Waals surface area (Å²) in [6, 6.07) is 9.48. The van der Waals surface area contributed by atoms with Crippen molar-refractivity contribution >= 4 is 22.8 Å². The number of aliphatic hydroxyl groups excluding tert-OH is 1. The molecule has 5 rings (SSSR count). The van der Waals surface area contributed by atoms with Gasteiger partial charge in [0, 0.05) is 31.7 Å². The zero-order valence-electron chi connectivity index (χ0n) is 23.4. The highest BCUT2D eigenvalue weighted by Crippen LogP contribution is 2.31. The van der Waals surface area contributed by atoms with Crippen LogP contribution >= 0.6 is 0 Å². The lowest BCUT2D eigenvalue weighted by Crippen LogP contribution is -2.44. The monoisotopic (exact) mass is 555 g/mol. The minimum absolute atomic E-state index is 0.0926. The Bertz CT molecular complexity index is 1320. The first-order valence-corrected chi connectivity index (χ1v) is 14.1. The molecule has 216 valence electrons. The van der Waals surface area contributed by atoms with E-state index in [1.807, 2.05) is 13.0 Å². The summed E-state index contributed by atoms with van der Waals surface area (Å²) in [5.41, 5.74) is 2.03. The van der Waals surface area contributed by atoms with Crippen LogP contribution < -0.4 is 10.2 Å². The summed E-state index contributed by atoms with van der Waals surface area (Å²) >= 11 is 0. The second kappa shape index (κ2) is 12.5. The molecule has 3 heterocycles. The normalized spacial score (nSPS) is 22.4. The number of benzene rings is 1. The van der Waals surface area contributed by atoms with Crippen LogP contribution in [0.1, 0.15) is 51.8 Å². The molecule has 11 heteroatoms. The number of morpholine rings is 1. The number of alkyl halides is 2. The van der Waals surface area contributed by atoms with Gasteiger partial charge in [0.2, 0.25) is 5.95 Å². The number of rotatable bonds is 9. The third-order valence-electron chi connectivity index (χ3n) is 8.08. The van der Waals surface area contributed by atoms with E-state index in [1.54, 1.807) is 24.3 Å². The minimum atomic E-state index is -2.76. The highest BCUT2D eigenvalue weighted by Gasteiger charge is 2.27. The largest absolute Gasteiger partial charge is 0.516 e. The Morgan fingerprint density at radius 3 is 2.65 bits per heavy atom. The van der Waals surface area contributed by atoms with E-state index >= 15 is 0 Å². The number of anilines is 2. The van der Waals surface area contributed by atoms with Crippen molar-refractivity contribution < 1.29 is 18.6 Å². The molecule has 1 saturated carbocycles. The van der Waals surface area contributed by atoms with Crippen molar-refractivity contribution in [3.05, 3.63) is 48.0 Å². The van der Waals surface area contributed by atoms with Crippen LogP contribution in [0.2, 0.25) is 0 Å². The van der Waals surface area contributed by atoms with Gasteiger partial charge in [0.05, 0.1) is 36.6 Å². The van der Waals surface area contributed by atoms with E-state index in [0.29, 0.717) is 66.9 Å². The van der Waals surface area contributed by atoms with E-state index in [1.165, 1.54) is 10.8 Å².